The lowest BCUT2D eigenvalue weighted by Gasteiger charge is -2.05. The maximum atomic E-state index is 5.92. The summed E-state index contributed by atoms with van der Waals surface area (Å²) in [6.07, 6.45) is 0. The minimum Gasteiger partial charge on any atom is -0.199 e. The van der Waals surface area contributed by atoms with Gasteiger partial charge in [-0.15, -0.1) is 0 Å². The zero-order valence-corrected chi connectivity index (χ0v) is 13.9. The van der Waals surface area contributed by atoms with Gasteiger partial charge in [0.15, 0.2) is 0 Å². The van der Waals surface area contributed by atoms with Crippen LogP contribution in [0.1, 0.15) is 0 Å². The van der Waals surface area contributed by atoms with Gasteiger partial charge < -0.3 is 0 Å². The minimum absolute atomic E-state index is 0.604. The smallest absolute Gasteiger partial charge is 0.0432 e. The van der Waals surface area contributed by atoms with Crippen molar-refractivity contribution in [2.75, 3.05) is 0 Å². The summed E-state index contributed by atoms with van der Waals surface area (Å²) in [6, 6.07) is 10.7. The number of halogens is 4. The Balaban J connectivity index is 1.96. The molecule has 1 N–H and O–H groups in total. The first-order chi connectivity index (χ1) is 9.02. The van der Waals surface area contributed by atoms with Gasteiger partial charge in [-0.1, -0.05) is 46.4 Å². The van der Waals surface area contributed by atoms with Gasteiger partial charge >= 0.3 is 0 Å². The predicted molar refractivity (Wildman–Crippen MR) is 87.8 cm³/mol. The summed E-state index contributed by atoms with van der Waals surface area (Å²) in [6.45, 7) is 0. The maximum absolute atomic E-state index is 5.92. The van der Waals surface area contributed by atoms with Crippen LogP contribution < -0.4 is 4.13 Å². The number of hydrogen-bond acceptors (Lipinski definition) is 3. The fourth-order valence-corrected chi connectivity index (χ4v) is 4.28. The van der Waals surface area contributed by atoms with Gasteiger partial charge in [-0.25, -0.2) is 0 Å². The van der Waals surface area contributed by atoms with Crippen molar-refractivity contribution in [1.82, 2.24) is 4.13 Å². The van der Waals surface area contributed by atoms with Gasteiger partial charge in [0.1, 0.15) is 0 Å². The van der Waals surface area contributed by atoms with E-state index < -0.39 is 0 Å². The van der Waals surface area contributed by atoms with Crippen LogP contribution in [0.15, 0.2) is 46.2 Å². The highest BCUT2D eigenvalue weighted by molar-refractivity contribution is 8.12. The van der Waals surface area contributed by atoms with Crippen LogP contribution in [0.2, 0.25) is 20.1 Å². The Morgan fingerprint density at radius 1 is 0.579 bits per heavy atom. The first-order valence-corrected chi connectivity index (χ1v) is 8.18. The molecule has 2 aromatic rings. The molecule has 0 amide bonds. The topological polar surface area (TPSA) is 12.0 Å². The Morgan fingerprint density at radius 2 is 0.895 bits per heavy atom. The second kappa shape index (κ2) is 7.32. The SMILES string of the molecule is Clc1cc(Cl)cc(SNSc2cc(Cl)cc(Cl)c2)c1. The third-order valence-electron chi connectivity index (χ3n) is 1.99. The van der Waals surface area contributed by atoms with Crippen LogP contribution in [-0.2, 0) is 0 Å². The fourth-order valence-electron chi connectivity index (χ4n) is 1.29. The van der Waals surface area contributed by atoms with Gasteiger partial charge in [-0.05, 0) is 60.3 Å². The second-order valence-electron chi connectivity index (χ2n) is 3.50. The summed E-state index contributed by atoms with van der Waals surface area (Å²) in [7, 11) is 0. The summed E-state index contributed by atoms with van der Waals surface area (Å²) >= 11 is 26.5. The molecule has 0 heterocycles. The largest absolute Gasteiger partial charge is 0.199 e. The van der Waals surface area contributed by atoms with Crippen LogP contribution in [-0.4, -0.2) is 0 Å². The van der Waals surface area contributed by atoms with Crippen molar-refractivity contribution in [1.29, 1.82) is 0 Å². The van der Waals surface area contributed by atoms with E-state index in [-0.39, 0.29) is 0 Å². The van der Waals surface area contributed by atoms with E-state index in [0.29, 0.717) is 20.1 Å². The zero-order valence-electron chi connectivity index (χ0n) is 9.29. The van der Waals surface area contributed by atoms with Crippen molar-refractivity contribution in [2.24, 2.45) is 0 Å². The predicted octanol–water partition coefficient (Wildman–Crippen LogP) is 6.60. The first kappa shape index (κ1) is 15.6. The maximum Gasteiger partial charge on any atom is 0.0432 e. The summed E-state index contributed by atoms with van der Waals surface area (Å²) in [4.78, 5) is 1.86. The van der Waals surface area contributed by atoms with E-state index in [4.69, 9.17) is 46.4 Å². The molecule has 2 rings (SSSR count). The van der Waals surface area contributed by atoms with Crippen molar-refractivity contribution in [3.05, 3.63) is 56.5 Å². The number of nitrogens with one attached hydrogen (secondary N) is 1. The van der Waals surface area contributed by atoms with Crippen LogP contribution in [0.4, 0.5) is 0 Å². The van der Waals surface area contributed by atoms with E-state index in [1.165, 1.54) is 23.9 Å². The molecule has 0 aliphatic heterocycles. The van der Waals surface area contributed by atoms with E-state index in [0.717, 1.165) is 9.79 Å². The Hall–Kier alpha value is 0.260. The Labute approximate surface area is 140 Å². The standard InChI is InChI=1S/C12H7Cl4NS2/c13-7-1-8(14)4-11(3-7)18-17-19-12-5-9(15)2-10(16)6-12/h1-6,17H. The molecule has 0 atom stereocenters. The molecular formula is C12H7Cl4NS2. The molecule has 0 bridgehead atoms. The molecule has 0 saturated heterocycles. The molecule has 19 heavy (non-hydrogen) atoms. The normalized spacial score (nSPS) is 10.7. The van der Waals surface area contributed by atoms with Crippen molar-refractivity contribution in [2.45, 2.75) is 9.79 Å². The summed E-state index contributed by atoms with van der Waals surface area (Å²) < 4.78 is 3.13. The van der Waals surface area contributed by atoms with Crippen molar-refractivity contribution >= 4 is 70.3 Å². The lowest BCUT2D eigenvalue weighted by atomic mass is 10.4. The average Bonchev–Trinajstić information content (AvgIpc) is 2.26. The highest BCUT2D eigenvalue weighted by Gasteiger charge is 2.02. The average molecular weight is 371 g/mol. The third-order valence-corrected chi connectivity index (χ3v) is 4.47. The van der Waals surface area contributed by atoms with Gasteiger partial charge in [0.2, 0.25) is 0 Å². The molecule has 0 aliphatic carbocycles. The van der Waals surface area contributed by atoms with Gasteiger partial charge in [-0.3, -0.25) is 0 Å². The van der Waals surface area contributed by atoms with Crippen molar-refractivity contribution in [3.63, 3.8) is 0 Å². The number of rotatable bonds is 4. The fraction of sp³-hybridized carbons (Fsp3) is 0. The molecule has 0 radical (unpaired) electrons. The van der Waals surface area contributed by atoms with Crippen molar-refractivity contribution in [3.8, 4) is 0 Å². The van der Waals surface area contributed by atoms with Crippen LogP contribution in [0.25, 0.3) is 0 Å². The van der Waals surface area contributed by atoms with Gasteiger partial charge in [-0.2, -0.15) is 4.13 Å². The molecule has 100 valence electrons. The molecule has 0 unspecified atom stereocenters. The van der Waals surface area contributed by atoms with Crippen LogP contribution in [0.5, 0.6) is 0 Å². The molecule has 0 aromatic heterocycles. The molecule has 0 fully saturated rings. The molecule has 0 saturated carbocycles. The molecule has 1 nitrogen and oxygen atoms in total. The number of hydrogen-bond donors (Lipinski definition) is 1. The molecule has 0 aliphatic rings. The Bertz CT molecular complexity index is 500. The minimum atomic E-state index is 0.604. The van der Waals surface area contributed by atoms with E-state index >= 15 is 0 Å². The van der Waals surface area contributed by atoms with Gasteiger partial charge in [0.05, 0.1) is 0 Å². The summed E-state index contributed by atoms with van der Waals surface area (Å²) in [5, 5.41) is 2.42. The van der Waals surface area contributed by atoms with E-state index in [2.05, 4.69) is 4.13 Å². The molecule has 0 spiro atoms. The van der Waals surface area contributed by atoms with E-state index in [1.807, 2.05) is 24.3 Å². The number of benzene rings is 2. The van der Waals surface area contributed by atoms with E-state index in [1.54, 1.807) is 12.1 Å². The third kappa shape index (κ3) is 5.27. The summed E-state index contributed by atoms with van der Waals surface area (Å²) in [5.41, 5.74) is 0. The molecule has 7 heteroatoms. The van der Waals surface area contributed by atoms with Gasteiger partial charge in [0, 0.05) is 29.9 Å². The highest BCUT2D eigenvalue weighted by atomic mass is 35.5. The van der Waals surface area contributed by atoms with Crippen molar-refractivity contribution < 1.29 is 0 Å². The monoisotopic (exact) mass is 369 g/mol. The summed E-state index contributed by atoms with van der Waals surface area (Å²) in [5.74, 6) is 0. The lowest BCUT2D eigenvalue weighted by Crippen LogP contribution is -1.89. The second-order valence-corrected chi connectivity index (χ2v) is 7.26. The Morgan fingerprint density at radius 3 is 1.21 bits per heavy atom. The van der Waals surface area contributed by atoms with Crippen LogP contribution in [0, 0.1) is 0 Å². The zero-order chi connectivity index (χ0) is 13.8. The van der Waals surface area contributed by atoms with Crippen LogP contribution >= 0.6 is 70.3 Å². The van der Waals surface area contributed by atoms with Crippen LogP contribution in [0.3, 0.4) is 0 Å². The molecule has 2 aromatic carbocycles. The first-order valence-electron chi connectivity index (χ1n) is 5.04. The quantitative estimate of drug-likeness (QED) is 0.608. The van der Waals surface area contributed by atoms with Gasteiger partial charge in [0.25, 0.3) is 0 Å². The Kier molecular flexibility index (Phi) is 6.03. The van der Waals surface area contributed by atoms with E-state index in [9.17, 15) is 0 Å². The molecular weight excluding hydrogens is 364 g/mol. The lowest BCUT2D eigenvalue weighted by molar-refractivity contribution is 1.42. The highest BCUT2D eigenvalue weighted by Crippen LogP contribution is 2.29.